The molecule has 0 amide bonds. The first-order chi connectivity index (χ1) is 6.52. The zero-order valence-electron chi connectivity index (χ0n) is 10.5. The van der Waals surface area contributed by atoms with Crippen molar-refractivity contribution in [1.29, 1.82) is 0 Å². The molecule has 0 spiro atoms. The third kappa shape index (κ3) is 7.34. The van der Waals surface area contributed by atoms with Gasteiger partial charge >= 0.3 is 0 Å². The summed E-state index contributed by atoms with van der Waals surface area (Å²) in [5.74, 6) is 0.787. The highest BCUT2D eigenvalue weighted by atomic mass is 16.5. The minimum atomic E-state index is 0.0243. The van der Waals surface area contributed by atoms with Gasteiger partial charge in [-0.1, -0.05) is 20.3 Å². The molecule has 0 aromatic rings. The highest BCUT2D eigenvalue weighted by Gasteiger charge is 2.17. The van der Waals surface area contributed by atoms with Crippen LogP contribution >= 0.6 is 0 Å². The Hall–Kier alpha value is -0.0800. The number of hydrogen-bond acceptors (Lipinski definition) is 2. The SMILES string of the molecule is CCC(C)CCOC(C)(C)CCNC. The molecule has 0 aliphatic rings. The first kappa shape index (κ1) is 13.9. The number of hydrogen-bond donors (Lipinski definition) is 1. The van der Waals surface area contributed by atoms with E-state index in [1.54, 1.807) is 0 Å². The monoisotopic (exact) mass is 201 g/mol. The van der Waals surface area contributed by atoms with Gasteiger partial charge in [0.25, 0.3) is 0 Å². The van der Waals surface area contributed by atoms with Gasteiger partial charge < -0.3 is 10.1 Å². The van der Waals surface area contributed by atoms with E-state index in [1.807, 2.05) is 7.05 Å². The lowest BCUT2D eigenvalue weighted by molar-refractivity contribution is -0.0277. The van der Waals surface area contributed by atoms with Crippen LogP contribution in [0.1, 0.15) is 47.0 Å². The fourth-order valence-corrected chi connectivity index (χ4v) is 1.24. The lowest BCUT2D eigenvalue weighted by Gasteiger charge is -2.26. The second kappa shape index (κ2) is 7.24. The highest BCUT2D eigenvalue weighted by molar-refractivity contribution is 4.69. The van der Waals surface area contributed by atoms with Crippen LogP contribution in [0.25, 0.3) is 0 Å². The quantitative estimate of drug-likeness (QED) is 0.652. The summed E-state index contributed by atoms with van der Waals surface area (Å²) in [6.07, 6.45) is 3.50. The molecule has 0 rings (SSSR count). The van der Waals surface area contributed by atoms with Gasteiger partial charge in [-0.05, 0) is 46.2 Å². The maximum absolute atomic E-state index is 5.86. The van der Waals surface area contributed by atoms with Crippen molar-refractivity contribution in [2.24, 2.45) is 5.92 Å². The van der Waals surface area contributed by atoms with Crippen LogP contribution in [0.3, 0.4) is 0 Å². The molecule has 0 aromatic carbocycles. The molecule has 0 aliphatic heterocycles. The van der Waals surface area contributed by atoms with Gasteiger partial charge in [-0.15, -0.1) is 0 Å². The van der Waals surface area contributed by atoms with Crippen molar-refractivity contribution >= 4 is 0 Å². The molecule has 0 radical (unpaired) electrons. The lowest BCUT2D eigenvalue weighted by atomic mass is 10.0. The van der Waals surface area contributed by atoms with Gasteiger partial charge in [0.1, 0.15) is 0 Å². The minimum absolute atomic E-state index is 0.0243. The van der Waals surface area contributed by atoms with Crippen LogP contribution in [0.5, 0.6) is 0 Å². The van der Waals surface area contributed by atoms with Gasteiger partial charge in [0.2, 0.25) is 0 Å². The largest absolute Gasteiger partial charge is 0.376 e. The second-order valence-electron chi connectivity index (χ2n) is 4.76. The van der Waals surface area contributed by atoms with E-state index in [0.717, 1.165) is 25.5 Å². The van der Waals surface area contributed by atoms with Crippen molar-refractivity contribution < 1.29 is 4.74 Å². The summed E-state index contributed by atoms with van der Waals surface area (Å²) in [6, 6.07) is 0. The third-order valence-corrected chi connectivity index (χ3v) is 2.78. The maximum Gasteiger partial charge on any atom is 0.0638 e. The van der Waals surface area contributed by atoms with Crippen LogP contribution in [0, 0.1) is 5.92 Å². The molecule has 86 valence electrons. The molecule has 2 nitrogen and oxygen atoms in total. The number of ether oxygens (including phenoxy) is 1. The Morgan fingerprint density at radius 1 is 1.36 bits per heavy atom. The van der Waals surface area contributed by atoms with Crippen LogP contribution in [0.4, 0.5) is 0 Å². The zero-order valence-corrected chi connectivity index (χ0v) is 10.5. The van der Waals surface area contributed by atoms with Gasteiger partial charge in [-0.2, -0.15) is 0 Å². The molecule has 0 aliphatic carbocycles. The Morgan fingerprint density at radius 3 is 2.50 bits per heavy atom. The van der Waals surface area contributed by atoms with Crippen LogP contribution in [0.15, 0.2) is 0 Å². The molecule has 0 fully saturated rings. The predicted molar refractivity (Wildman–Crippen MR) is 62.6 cm³/mol. The number of nitrogens with one attached hydrogen (secondary N) is 1. The van der Waals surface area contributed by atoms with Crippen LogP contribution in [-0.4, -0.2) is 25.8 Å². The van der Waals surface area contributed by atoms with E-state index >= 15 is 0 Å². The Bertz CT molecular complexity index is 134. The lowest BCUT2D eigenvalue weighted by Crippen LogP contribution is -2.29. The summed E-state index contributed by atoms with van der Waals surface area (Å²) in [5.41, 5.74) is 0.0243. The molecule has 1 N–H and O–H groups in total. The molecule has 2 heteroatoms. The summed E-state index contributed by atoms with van der Waals surface area (Å²) in [7, 11) is 1.98. The standard InChI is InChI=1S/C12H27NO/c1-6-11(2)7-10-14-12(3,4)8-9-13-5/h11,13H,6-10H2,1-5H3. The van der Waals surface area contributed by atoms with Gasteiger partial charge in [-0.3, -0.25) is 0 Å². The summed E-state index contributed by atoms with van der Waals surface area (Å²) in [5, 5.41) is 3.15. The van der Waals surface area contributed by atoms with Crippen molar-refractivity contribution in [1.82, 2.24) is 5.32 Å². The first-order valence-corrected chi connectivity index (χ1v) is 5.80. The van der Waals surface area contributed by atoms with Gasteiger partial charge in [0, 0.05) is 6.61 Å². The molecule has 1 unspecified atom stereocenters. The van der Waals surface area contributed by atoms with Crippen molar-refractivity contribution in [3.63, 3.8) is 0 Å². The third-order valence-electron chi connectivity index (χ3n) is 2.78. The van der Waals surface area contributed by atoms with Gasteiger partial charge in [0.15, 0.2) is 0 Å². The smallest absolute Gasteiger partial charge is 0.0638 e. The fraction of sp³-hybridized carbons (Fsp3) is 1.00. The first-order valence-electron chi connectivity index (χ1n) is 5.80. The second-order valence-corrected chi connectivity index (χ2v) is 4.76. The molecular weight excluding hydrogens is 174 g/mol. The predicted octanol–water partition coefficient (Wildman–Crippen LogP) is 2.83. The Balaban J connectivity index is 3.54. The Kier molecular flexibility index (Phi) is 7.20. The molecule has 14 heavy (non-hydrogen) atoms. The summed E-state index contributed by atoms with van der Waals surface area (Å²) >= 11 is 0. The Morgan fingerprint density at radius 2 is 2.00 bits per heavy atom. The fourth-order valence-electron chi connectivity index (χ4n) is 1.24. The molecule has 0 aromatic heterocycles. The molecule has 0 saturated heterocycles. The average Bonchev–Trinajstić information content (AvgIpc) is 2.14. The molecule has 0 heterocycles. The maximum atomic E-state index is 5.86. The van der Waals surface area contributed by atoms with Crippen LogP contribution in [-0.2, 0) is 4.74 Å². The molecule has 0 bridgehead atoms. The van der Waals surface area contributed by atoms with Crippen LogP contribution in [0.2, 0.25) is 0 Å². The van der Waals surface area contributed by atoms with Crippen LogP contribution < -0.4 is 5.32 Å². The highest BCUT2D eigenvalue weighted by Crippen LogP contribution is 2.15. The molecule has 0 saturated carbocycles. The molecular formula is C12H27NO. The van der Waals surface area contributed by atoms with Gasteiger partial charge in [0.05, 0.1) is 5.60 Å². The molecule has 1 atom stereocenters. The van der Waals surface area contributed by atoms with E-state index < -0.39 is 0 Å². The zero-order chi connectivity index (χ0) is 11.0. The van der Waals surface area contributed by atoms with Crippen molar-refractivity contribution in [3.8, 4) is 0 Å². The van der Waals surface area contributed by atoms with E-state index in [2.05, 4.69) is 33.0 Å². The minimum Gasteiger partial charge on any atom is -0.376 e. The summed E-state index contributed by atoms with van der Waals surface area (Å²) in [4.78, 5) is 0. The van der Waals surface area contributed by atoms with E-state index in [4.69, 9.17) is 4.74 Å². The number of rotatable bonds is 8. The van der Waals surface area contributed by atoms with E-state index in [9.17, 15) is 0 Å². The van der Waals surface area contributed by atoms with Crippen molar-refractivity contribution in [2.75, 3.05) is 20.2 Å². The van der Waals surface area contributed by atoms with Crippen molar-refractivity contribution in [3.05, 3.63) is 0 Å². The Labute approximate surface area is 89.4 Å². The summed E-state index contributed by atoms with van der Waals surface area (Å²) in [6.45, 7) is 10.8. The topological polar surface area (TPSA) is 21.3 Å². The van der Waals surface area contributed by atoms with Gasteiger partial charge in [-0.25, -0.2) is 0 Å². The summed E-state index contributed by atoms with van der Waals surface area (Å²) < 4.78 is 5.86. The normalized spacial score (nSPS) is 14.4. The van der Waals surface area contributed by atoms with E-state index in [0.29, 0.717) is 0 Å². The van der Waals surface area contributed by atoms with E-state index in [1.165, 1.54) is 12.8 Å². The van der Waals surface area contributed by atoms with Crippen molar-refractivity contribution in [2.45, 2.75) is 52.6 Å². The average molecular weight is 201 g/mol. The van der Waals surface area contributed by atoms with E-state index in [-0.39, 0.29) is 5.60 Å².